The first-order chi connectivity index (χ1) is 11.0. The van der Waals surface area contributed by atoms with Crippen molar-refractivity contribution < 1.29 is 19.2 Å². The maximum absolute atomic E-state index is 12.2. The van der Waals surface area contributed by atoms with Gasteiger partial charge in [0.05, 0.1) is 17.1 Å². The van der Waals surface area contributed by atoms with Crippen LogP contribution in [0, 0.1) is 10.1 Å². The fraction of sp³-hybridized carbons (Fsp3) is 0.235. The number of carbonyl (C=O) groups excluding carboxylic acids is 1. The van der Waals surface area contributed by atoms with Crippen LogP contribution in [0.2, 0.25) is 0 Å². The highest BCUT2D eigenvalue weighted by Crippen LogP contribution is 2.29. The molecule has 2 aromatic rings. The van der Waals surface area contributed by atoms with E-state index in [1.165, 1.54) is 18.2 Å². The minimum atomic E-state index is -0.618. The molecule has 0 heterocycles. The zero-order chi connectivity index (χ0) is 16.8. The van der Waals surface area contributed by atoms with Crippen LogP contribution < -0.4 is 4.74 Å². The van der Waals surface area contributed by atoms with Crippen LogP contribution in [0.25, 0.3) is 0 Å². The highest BCUT2D eigenvalue weighted by molar-refractivity contribution is 5.90. The van der Waals surface area contributed by atoms with Crippen molar-refractivity contribution in [2.24, 2.45) is 0 Å². The zero-order valence-electron chi connectivity index (χ0n) is 12.9. The summed E-state index contributed by atoms with van der Waals surface area (Å²) in [4.78, 5) is 22.7. The Labute approximate surface area is 133 Å². The third-order valence-corrected chi connectivity index (χ3v) is 3.24. The molecule has 0 radical (unpaired) electrons. The van der Waals surface area contributed by atoms with E-state index in [9.17, 15) is 14.9 Å². The van der Waals surface area contributed by atoms with Crippen molar-refractivity contribution in [3.05, 3.63) is 69.8 Å². The molecule has 0 bridgehead atoms. The van der Waals surface area contributed by atoms with E-state index in [1.807, 2.05) is 30.3 Å². The van der Waals surface area contributed by atoms with Gasteiger partial charge in [-0.05, 0) is 31.5 Å². The average molecular weight is 315 g/mol. The fourth-order valence-corrected chi connectivity index (χ4v) is 2.09. The standard InChI is InChI=1S/C17H17NO5/c1-3-22-16-10-9-14(11-15(16)18(20)21)17(19)23-12(2)13-7-5-4-6-8-13/h4-12H,3H2,1-2H3/t12-/m1/s1. The van der Waals surface area contributed by atoms with E-state index in [0.717, 1.165) is 5.56 Å². The van der Waals surface area contributed by atoms with Crippen LogP contribution in [0.15, 0.2) is 48.5 Å². The number of esters is 1. The molecule has 0 aromatic heterocycles. The molecule has 0 fully saturated rings. The third-order valence-electron chi connectivity index (χ3n) is 3.24. The third kappa shape index (κ3) is 4.06. The van der Waals surface area contributed by atoms with Crippen molar-refractivity contribution in [1.82, 2.24) is 0 Å². The number of ether oxygens (including phenoxy) is 2. The quantitative estimate of drug-likeness (QED) is 0.459. The summed E-state index contributed by atoms with van der Waals surface area (Å²) in [5.41, 5.74) is 0.706. The molecule has 120 valence electrons. The SMILES string of the molecule is CCOc1ccc(C(=O)O[C@H](C)c2ccccc2)cc1[N+](=O)[O-]. The van der Waals surface area contributed by atoms with Crippen LogP contribution in [-0.2, 0) is 4.74 Å². The number of hydrogen-bond donors (Lipinski definition) is 0. The van der Waals surface area contributed by atoms with E-state index in [-0.39, 0.29) is 17.0 Å². The van der Waals surface area contributed by atoms with E-state index in [4.69, 9.17) is 9.47 Å². The second-order valence-electron chi connectivity index (χ2n) is 4.83. The molecule has 0 saturated heterocycles. The van der Waals surface area contributed by atoms with Gasteiger partial charge in [-0.15, -0.1) is 0 Å². The second kappa shape index (κ2) is 7.40. The first-order valence-electron chi connectivity index (χ1n) is 7.20. The Morgan fingerprint density at radius 2 is 1.91 bits per heavy atom. The van der Waals surface area contributed by atoms with Crippen molar-refractivity contribution in [3.8, 4) is 5.75 Å². The van der Waals surface area contributed by atoms with Crippen LogP contribution in [-0.4, -0.2) is 17.5 Å². The van der Waals surface area contributed by atoms with Gasteiger partial charge in [-0.2, -0.15) is 0 Å². The second-order valence-corrected chi connectivity index (χ2v) is 4.83. The van der Waals surface area contributed by atoms with Gasteiger partial charge in [-0.1, -0.05) is 30.3 Å². The van der Waals surface area contributed by atoms with Crippen LogP contribution >= 0.6 is 0 Å². The van der Waals surface area contributed by atoms with Gasteiger partial charge in [0.1, 0.15) is 6.10 Å². The summed E-state index contributed by atoms with van der Waals surface area (Å²) in [6.45, 7) is 3.78. The lowest BCUT2D eigenvalue weighted by Crippen LogP contribution is -2.10. The van der Waals surface area contributed by atoms with Gasteiger partial charge in [0.15, 0.2) is 5.75 Å². The van der Waals surface area contributed by atoms with Gasteiger partial charge in [0.25, 0.3) is 0 Å². The Hall–Kier alpha value is -2.89. The summed E-state index contributed by atoms with van der Waals surface area (Å²) < 4.78 is 10.5. The maximum Gasteiger partial charge on any atom is 0.338 e. The minimum Gasteiger partial charge on any atom is -0.487 e. The Balaban J connectivity index is 2.19. The molecule has 0 spiro atoms. The normalized spacial score (nSPS) is 11.6. The number of nitro groups is 1. The van der Waals surface area contributed by atoms with Crippen molar-refractivity contribution >= 4 is 11.7 Å². The summed E-state index contributed by atoms with van der Waals surface area (Å²) in [5, 5.41) is 11.1. The van der Waals surface area contributed by atoms with Crippen molar-refractivity contribution in [2.75, 3.05) is 6.61 Å². The lowest BCUT2D eigenvalue weighted by Gasteiger charge is -2.13. The molecule has 0 aliphatic rings. The van der Waals surface area contributed by atoms with Crippen molar-refractivity contribution in [3.63, 3.8) is 0 Å². The van der Waals surface area contributed by atoms with Gasteiger partial charge < -0.3 is 9.47 Å². The summed E-state index contributed by atoms with van der Waals surface area (Å²) in [6.07, 6.45) is -0.450. The number of carbonyl (C=O) groups is 1. The molecule has 6 nitrogen and oxygen atoms in total. The zero-order valence-corrected chi connectivity index (χ0v) is 12.9. The molecule has 0 saturated carbocycles. The molecule has 0 amide bonds. The lowest BCUT2D eigenvalue weighted by atomic mass is 10.1. The monoisotopic (exact) mass is 315 g/mol. The molecule has 6 heteroatoms. The Kier molecular flexibility index (Phi) is 5.30. The predicted molar refractivity (Wildman–Crippen MR) is 84.5 cm³/mol. The van der Waals surface area contributed by atoms with E-state index in [2.05, 4.69) is 0 Å². The molecule has 2 rings (SSSR count). The first-order valence-corrected chi connectivity index (χ1v) is 7.20. The molecule has 2 aromatic carbocycles. The van der Waals surface area contributed by atoms with Gasteiger partial charge in [-0.3, -0.25) is 10.1 Å². The largest absolute Gasteiger partial charge is 0.487 e. The van der Waals surface area contributed by atoms with Crippen LogP contribution in [0.1, 0.15) is 35.9 Å². The fourth-order valence-electron chi connectivity index (χ4n) is 2.09. The van der Waals surface area contributed by atoms with Crippen LogP contribution in [0.3, 0.4) is 0 Å². The number of hydrogen-bond acceptors (Lipinski definition) is 5. The van der Waals surface area contributed by atoms with E-state index >= 15 is 0 Å². The Morgan fingerprint density at radius 1 is 1.22 bits per heavy atom. The van der Waals surface area contributed by atoms with Gasteiger partial charge in [0.2, 0.25) is 0 Å². The van der Waals surface area contributed by atoms with Gasteiger partial charge in [0, 0.05) is 6.07 Å². The van der Waals surface area contributed by atoms with Crippen LogP contribution in [0.5, 0.6) is 5.75 Å². The lowest BCUT2D eigenvalue weighted by molar-refractivity contribution is -0.385. The molecule has 0 aliphatic carbocycles. The van der Waals surface area contributed by atoms with Crippen LogP contribution in [0.4, 0.5) is 5.69 Å². The topological polar surface area (TPSA) is 78.7 Å². The van der Waals surface area contributed by atoms with E-state index in [1.54, 1.807) is 13.8 Å². The van der Waals surface area contributed by atoms with Gasteiger partial charge >= 0.3 is 11.7 Å². The highest BCUT2D eigenvalue weighted by Gasteiger charge is 2.20. The number of nitrogens with zero attached hydrogens (tertiary/aromatic N) is 1. The maximum atomic E-state index is 12.2. The number of benzene rings is 2. The van der Waals surface area contributed by atoms with Gasteiger partial charge in [-0.25, -0.2) is 4.79 Å². The summed E-state index contributed by atoms with van der Waals surface area (Å²) in [5.74, 6) is -0.488. The molecule has 0 aliphatic heterocycles. The minimum absolute atomic E-state index is 0.114. The Bertz CT molecular complexity index is 699. The molecular formula is C17H17NO5. The van der Waals surface area contributed by atoms with E-state index in [0.29, 0.717) is 6.61 Å². The molecule has 23 heavy (non-hydrogen) atoms. The van der Waals surface area contributed by atoms with Crippen molar-refractivity contribution in [1.29, 1.82) is 0 Å². The average Bonchev–Trinajstić information content (AvgIpc) is 2.56. The summed E-state index contributed by atoms with van der Waals surface area (Å²) in [7, 11) is 0. The highest BCUT2D eigenvalue weighted by atomic mass is 16.6. The molecule has 0 N–H and O–H groups in total. The Morgan fingerprint density at radius 3 is 2.52 bits per heavy atom. The number of nitro benzene ring substituents is 1. The first kappa shape index (κ1) is 16.5. The van der Waals surface area contributed by atoms with Crippen molar-refractivity contribution in [2.45, 2.75) is 20.0 Å². The number of rotatable bonds is 6. The molecular weight excluding hydrogens is 298 g/mol. The smallest absolute Gasteiger partial charge is 0.338 e. The molecule has 0 unspecified atom stereocenters. The van der Waals surface area contributed by atoms with E-state index < -0.39 is 17.0 Å². The predicted octanol–water partition coefficient (Wildman–Crippen LogP) is 3.91. The summed E-state index contributed by atoms with van der Waals surface area (Å²) in [6, 6.07) is 13.3. The molecule has 1 atom stereocenters. The summed E-state index contributed by atoms with van der Waals surface area (Å²) >= 11 is 0.